The molecule has 1 fully saturated rings. The summed E-state index contributed by atoms with van der Waals surface area (Å²) >= 11 is 6.02. The number of halogens is 1. The Morgan fingerprint density at radius 2 is 2.12 bits per heavy atom. The number of ether oxygens (including phenoxy) is 1. The Bertz CT molecular complexity index is 769. The minimum atomic E-state index is -0.453. The van der Waals surface area contributed by atoms with Gasteiger partial charge in [-0.1, -0.05) is 11.6 Å². The highest BCUT2D eigenvalue weighted by atomic mass is 35.5. The van der Waals surface area contributed by atoms with Crippen molar-refractivity contribution in [3.8, 4) is 0 Å². The van der Waals surface area contributed by atoms with E-state index in [1.54, 1.807) is 18.3 Å². The molecule has 0 aliphatic carbocycles. The Morgan fingerprint density at radius 3 is 2.85 bits per heavy atom. The van der Waals surface area contributed by atoms with Gasteiger partial charge < -0.3 is 15.4 Å². The predicted octanol–water partition coefficient (Wildman–Crippen LogP) is 2.53. The van der Waals surface area contributed by atoms with Crippen molar-refractivity contribution in [2.75, 3.05) is 50.0 Å². The summed E-state index contributed by atoms with van der Waals surface area (Å²) in [4.78, 5) is 21.3. The molecule has 1 saturated heterocycles. The lowest BCUT2D eigenvalue weighted by Gasteiger charge is -2.26. The van der Waals surface area contributed by atoms with Crippen LogP contribution >= 0.6 is 11.6 Å². The van der Waals surface area contributed by atoms with Gasteiger partial charge in [0.05, 0.1) is 23.8 Å². The number of pyridine rings is 2. The topological polar surface area (TPSA) is 105 Å². The summed E-state index contributed by atoms with van der Waals surface area (Å²) in [5.41, 5.74) is 0.504. The number of aromatic nitrogens is 2. The molecule has 0 aromatic carbocycles. The lowest BCUT2D eigenvalue weighted by molar-refractivity contribution is -0.384. The lowest BCUT2D eigenvalue weighted by Crippen LogP contribution is -2.39. The Kier molecular flexibility index (Phi) is 6.16. The van der Waals surface area contributed by atoms with Gasteiger partial charge in [0.25, 0.3) is 0 Å². The first-order valence-electron chi connectivity index (χ1n) is 8.20. The van der Waals surface area contributed by atoms with E-state index in [0.717, 1.165) is 19.6 Å². The zero-order valence-corrected chi connectivity index (χ0v) is 14.8. The van der Waals surface area contributed by atoms with Crippen LogP contribution in [0.4, 0.5) is 23.0 Å². The molecule has 0 radical (unpaired) electrons. The highest BCUT2D eigenvalue weighted by Gasteiger charge is 2.17. The van der Waals surface area contributed by atoms with Crippen molar-refractivity contribution in [2.24, 2.45) is 0 Å². The number of nitrogens with zero attached hydrogens (tertiary/aromatic N) is 4. The standard InChI is InChI=1S/C16H19ClN6O3/c17-15-12(2-1-5-18-15)20-14-4-3-13(23(24)25)16(21-14)19-6-7-22-8-10-26-11-9-22/h1-5H,6-11H2,(H2,19,20,21). The van der Waals surface area contributed by atoms with Crippen LogP contribution in [0.5, 0.6) is 0 Å². The molecule has 1 aliphatic rings. The quantitative estimate of drug-likeness (QED) is 0.430. The fourth-order valence-electron chi connectivity index (χ4n) is 2.57. The summed E-state index contributed by atoms with van der Waals surface area (Å²) in [7, 11) is 0. The van der Waals surface area contributed by atoms with Gasteiger partial charge in [0, 0.05) is 38.4 Å². The molecule has 2 aromatic heterocycles. The highest BCUT2D eigenvalue weighted by molar-refractivity contribution is 6.32. The van der Waals surface area contributed by atoms with E-state index in [1.807, 2.05) is 0 Å². The molecule has 3 rings (SSSR count). The number of nitrogens with one attached hydrogen (secondary N) is 2. The molecule has 0 spiro atoms. The minimum absolute atomic E-state index is 0.0742. The Morgan fingerprint density at radius 1 is 1.31 bits per heavy atom. The van der Waals surface area contributed by atoms with Crippen LogP contribution in [0.1, 0.15) is 0 Å². The molecule has 10 heteroatoms. The maximum absolute atomic E-state index is 11.3. The molecule has 3 heterocycles. The zero-order chi connectivity index (χ0) is 18.4. The first kappa shape index (κ1) is 18.3. The molecule has 26 heavy (non-hydrogen) atoms. The Labute approximate surface area is 155 Å². The molecule has 0 amide bonds. The molecular weight excluding hydrogens is 360 g/mol. The number of rotatable bonds is 7. The highest BCUT2D eigenvalue weighted by Crippen LogP contribution is 2.27. The molecule has 0 unspecified atom stereocenters. The van der Waals surface area contributed by atoms with Crippen LogP contribution in [0.2, 0.25) is 5.15 Å². The Balaban J connectivity index is 1.69. The maximum atomic E-state index is 11.3. The van der Waals surface area contributed by atoms with Gasteiger partial charge >= 0.3 is 5.69 Å². The van der Waals surface area contributed by atoms with Gasteiger partial charge in [0.15, 0.2) is 5.15 Å². The van der Waals surface area contributed by atoms with E-state index in [1.165, 1.54) is 12.1 Å². The van der Waals surface area contributed by atoms with E-state index in [9.17, 15) is 10.1 Å². The number of nitro groups is 1. The first-order chi connectivity index (χ1) is 12.6. The second kappa shape index (κ2) is 8.75. The SMILES string of the molecule is O=[N+]([O-])c1ccc(Nc2cccnc2Cl)nc1NCCN1CCOCC1. The van der Waals surface area contributed by atoms with Gasteiger partial charge in [-0.25, -0.2) is 9.97 Å². The van der Waals surface area contributed by atoms with Gasteiger partial charge in [0.1, 0.15) is 5.82 Å². The number of hydrogen-bond acceptors (Lipinski definition) is 8. The second-order valence-electron chi connectivity index (χ2n) is 5.67. The van der Waals surface area contributed by atoms with Crippen molar-refractivity contribution in [2.45, 2.75) is 0 Å². The summed E-state index contributed by atoms with van der Waals surface area (Å²) in [5.74, 6) is 0.660. The first-order valence-corrected chi connectivity index (χ1v) is 8.58. The monoisotopic (exact) mass is 378 g/mol. The van der Waals surface area contributed by atoms with Crippen LogP contribution in [-0.4, -0.2) is 59.2 Å². The van der Waals surface area contributed by atoms with Gasteiger partial charge in [-0.2, -0.15) is 0 Å². The van der Waals surface area contributed by atoms with Crippen molar-refractivity contribution >= 4 is 34.6 Å². The average Bonchev–Trinajstić information content (AvgIpc) is 2.64. The van der Waals surface area contributed by atoms with Gasteiger partial charge in [-0.15, -0.1) is 0 Å². The van der Waals surface area contributed by atoms with Gasteiger partial charge in [-0.3, -0.25) is 15.0 Å². The van der Waals surface area contributed by atoms with Crippen LogP contribution < -0.4 is 10.6 Å². The average molecular weight is 379 g/mol. The van der Waals surface area contributed by atoms with Crippen LogP contribution in [0.3, 0.4) is 0 Å². The van der Waals surface area contributed by atoms with Crippen LogP contribution in [0.15, 0.2) is 30.5 Å². The molecule has 2 aromatic rings. The largest absolute Gasteiger partial charge is 0.379 e. The summed E-state index contributed by atoms with van der Waals surface area (Å²) in [6, 6.07) is 6.44. The van der Waals surface area contributed by atoms with E-state index in [-0.39, 0.29) is 11.5 Å². The van der Waals surface area contributed by atoms with Crippen molar-refractivity contribution in [1.29, 1.82) is 0 Å². The third kappa shape index (κ3) is 4.78. The maximum Gasteiger partial charge on any atom is 0.311 e. The van der Waals surface area contributed by atoms with Crippen molar-refractivity contribution in [3.63, 3.8) is 0 Å². The molecule has 0 atom stereocenters. The van der Waals surface area contributed by atoms with E-state index in [4.69, 9.17) is 16.3 Å². The predicted molar refractivity (Wildman–Crippen MR) is 99.2 cm³/mol. The van der Waals surface area contributed by atoms with Crippen molar-refractivity contribution < 1.29 is 9.66 Å². The molecule has 0 bridgehead atoms. The van der Waals surface area contributed by atoms with Gasteiger partial charge in [-0.05, 0) is 18.2 Å². The summed E-state index contributed by atoms with van der Waals surface area (Å²) < 4.78 is 5.31. The molecule has 138 valence electrons. The molecule has 0 saturated carbocycles. The third-order valence-electron chi connectivity index (χ3n) is 3.92. The molecule has 2 N–H and O–H groups in total. The van der Waals surface area contributed by atoms with E-state index >= 15 is 0 Å². The Hall–Kier alpha value is -2.49. The number of anilines is 3. The fraction of sp³-hybridized carbons (Fsp3) is 0.375. The van der Waals surface area contributed by atoms with Crippen LogP contribution in [0, 0.1) is 10.1 Å². The fourth-order valence-corrected chi connectivity index (χ4v) is 2.74. The van der Waals surface area contributed by atoms with E-state index in [0.29, 0.717) is 36.4 Å². The smallest absolute Gasteiger partial charge is 0.311 e. The third-order valence-corrected chi connectivity index (χ3v) is 4.22. The number of hydrogen-bond donors (Lipinski definition) is 2. The van der Waals surface area contributed by atoms with Gasteiger partial charge in [0.2, 0.25) is 5.82 Å². The molecule has 1 aliphatic heterocycles. The zero-order valence-electron chi connectivity index (χ0n) is 14.0. The second-order valence-corrected chi connectivity index (χ2v) is 6.03. The number of morpholine rings is 1. The van der Waals surface area contributed by atoms with Crippen molar-refractivity contribution in [1.82, 2.24) is 14.9 Å². The summed E-state index contributed by atoms with van der Waals surface area (Å²) in [6.45, 7) is 4.45. The molecular formula is C16H19ClN6O3. The normalized spacial score (nSPS) is 14.8. The van der Waals surface area contributed by atoms with Crippen molar-refractivity contribution in [3.05, 3.63) is 45.7 Å². The molecule has 9 nitrogen and oxygen atoms in total. The van der Waals surface area contributed by atoms with E-state index in [2.05, 4.69) is 25.5 Å². The van der Waals surface area contributed by atoms with Crippen LogP contribution in [0.25, 0.3) is 0 Å². The summed E-state index contributed by atoms with van der Waals surface area (Å²) in [5, 5.41) is 17.6. The summed E-state index contributed by atoms with van der Waals surface area (Å²) in [6.07, 6.45) is 1.58. The van der Waals surface area contributed by atoms with Crippen LogP contribution in [-0.2, 0) is 4.74 Å². The van der Waals surface area contributed by atoms with E-state index < -0.39 is 4.92 Å². The minimum Gasteiger partial charge on any atom is -0.379 e. The lowest BCUT2D eigenvalue weighted by atomic mass is 10.3.